The topological polar surface area (TPSA) is 172 Å². The SMILES string of the molecule is CCCCCCCCC/C=C\CCCCCCCC(=O)OC(COC(=O)CCCCCCCCCCCCCCCCC)COP(=O)(O)OCC(N)C(=O)O. The molecular formula is C43H82NO10P. The molecule has 0 heterocycles. The maximum atomic E-state index is 12.6. The number of rotatable bonds is 42. The molecule has 0 radical (unpaired) electrons. The number of phosphoric acid groups is 1. The number of hydrogen-bond acceptors (Lipinski definition) is 9. The lowest BCUT2D eigenvalue weighted by molar-refractivity contribution is -0.161. The number of carbonyl (C=O) groups excluding carboxylic acids is 2. The molecule has 0 aliphatic rings. The van der Waals surface area contributed by atoms with E-state index in [0.29, 0.717) is 12.8 Å². The van der Waals surface area contributed by atoms with Gasteiger partial charge in [0.25, 0.3) is 0 Å². The predicted molar refractivity (Wildman–Crippen MR) is 222 cm³/mol. The maximum absolute atomic E-state index is 12.6. The fourth-order valence-electron chi connectivity index (χ4n) is 6.24. The third-order valence-corrected chi connectivity index (χ3v) is 10.7. The molecule has 4 N–H and O–H groups in total. The van der Waals surface area contributed by atoms with Gasteiger partial charge in [-0.1, -0.05) is 174 Å². The molecule has 55 heavy (non-hydrogen) atoms. The molecule has 0 amide bonds. The van der Waals surface area contributed by atoms with Gasteiger partial charge in [0.2, 0.25) is 0 Å². The zero-order chi connectivity index (χ0) is 40.7. The van der Waals surface area contributed by atoms with Gasteiger partial charge in [-0.2, -0.15) is 0 Å². The van der Waals surface area contributed by atoms with E-state index < -0.39 is 51.1 Å². The molecule has 0 aromatic carbocycles. The molecule has 3 atom stereocenters. The Morgan fingerprint density at radius 1 is 0.545 bits per heavy atom. The van der Waals surface area contributed by atoms with E-state index in [4.69, 9.17) is 24.8 Å². The maximum Gasteiger partial charge on any atom is 0.472 e. The smallest absolute Gasteiger partial charge is 0.472 e. The van der Waals surface area contributed by atoms with E-state index in [-0.39, 0.29) is 19.4 Å². The van der Waals surface area contributed by atoms with E-state index in [1.54, 1.807) is 0 Å². The highest BCUT2D eigenvalue weighted by atomic mass is 31.2. The molecule has 324 valence electrons. The van der Waals surface area contributed by atoms with Gasteiger partial charge < -0.3 is 25.2 Å². The first kappa shape index (κ1) is 53.2. The minimum atomic E-state index is -4.71. The van der Waals surface area contributed by atoms with Crippen LogP contribution in [-0.2, 0) is 37.5 Å². The van der Waals surface area contributed by atoms with Crippen LogP contribution in [0.4, 0.5) is 0 Å². The van der Waals surface area contributed by atoms with E-state index in [1.165, 1.54) is 116 Å². The molecule has 0 aliphatic carbocycles. The largest absolute Gasteiger partial charge is 0.480 e. The molecule has 3 unspecified atom stereocenters. The van der Waals surface area contributed by atoms with E-state index >= 15 is 0 Å². The van der Waals surface area contributed by atoms with Crippen LogP contribution in [0.2, 0.25) is 0 Å². The summed E-state index contributed by atoms with van der Waals surface area (Å²) in [7, 11) is -4.71. The molecule has 12 heteroatoms. The van der Waals surface area contributed by atoms with Gasteiger partial charge in [0.1, 0.15) is 12.6 Å². The standard InChI is InChI=1S/C43H82NO10P/c1-3-5-7-9-11-13-15-17-19-21-23-25-27-29-31-33-35-42(46)54-39(37-52-55(49,50)53-38-40(44)43(47)48)36-51-41(45)34-32-30-28-26-24-22-20-18-16-14-12-10-8-6-4-2/h19,21,39-40H,3-18,20,22-38,44H2,1-2H3,(H,47,48)(H,49,50)/b21-19-. The first-order chi connectivity index (χ1) is 26.6. The highest BCUT2D eigenvalue weighted by Gasteiger charge is 2.28. The summed E-state index contributed by atoms with van der Waals surface area (Å²) in [6.07, 6.45) is 38.4. The van der Waals surface area contributed by atoms with Crippen LogP contribution in [0.3, 0.4) is 0 Å². The average molecular weight is 804 g/mol. The lowest BCUT2D eigenvalue weighted by atomic mass is 10.0. The zero-order valence-corrected chi connectivity index (χ0v) is 35.9. The van der Waals surface area contributed by atoms with Crippen LogP contribution < -0.4 is 5.73 Å². The lowest BCUT2D eigenvalue weighted by Gasteiger charge is -2.20. The molecular weight excluding hydrogens is 721 g/mol. The van der Waals surface area contributed by atoms with Crippen molar-refractivity contribution in [3.05, 3.63) is 12.2 Å². The Hall–Kier alpha value is -1.78. The first-order valence-electron chi connectivity index (χ1n) is 22.2. The van der Waals surface area contributed by atoms with Crippen LogP contribution >= 0.6 is 7.82 Å². The van der Waals surface area contributed by atoms with Gasteiger partial charge in [-0.25, -0.2) is 4.57 Å². The number of carboxylic acids is 1. The van der Waals surface area contributed by atoms with Gasteiger partial charge in [0.05, 0.1) is 13.2 Å². The van der Waals surface area contributed by atoms with Crippen LogP contribution in [-0.4, -0.2) is 59.9 Å². The normalized spacial score (nSPS) is 13.8. The summed E-state index contributed by atoms with van der Waals surface area (Å²) in [4.78, 5) is 45.9. The van der Waals surface area contributed by atoms with E-state index in [0.717, 1.165) is 57.8 Å². The van der Waals surface area contributed by atoms with Crippen molar-refractivity contribution in [2.45, 2.75) is 225 Å². The number of unbranched alkanes of at least 4 members (excludes halogenated alkanes) is 26. The Labute approximate surface area is 335 Å². The average Bonchev–Trinajstić information content (AvgIpc) is 3.16. The highest BCUT2D eigenvalue weighted by Crippen LogP contribution is 2.43. The minimum absolute atomic E-state index is 0.155. The fraction of sp³-hybridized carbons (Fsp3) is 0.884. The number of phosphoric ester groups is 1. The van der Waals surface area contributed by atoms with Crippen LogP contribution in [0, 0.1) is 0 Å². The lowest BCUT2D eigenvalue weighted by Crippen LogP contribution is -2.34. The molecule has 0 bridgehead atoms. The summed E-state index contributed by atoms with van der Waals surface area (Å²) in [6, 6.07) is -1.52. The molecule has 0 saturated carbocycles. The van der Waals surface area contributed by atoms with Gasteiger partial charge in [-0.15, -0.1) is 0 Å². The number of ether oxygens (including phenoxy) is 2. The number of carboxylic acid groups (broad SMARTS) is 1. The Balaban J connectivity index is 4.34. The quantitative estimate of drug-likeness (QED) is 0.0232. The van der Waals surface area contributed by atoms with Crippen molar-refractivity contribution in [1.29, 1.82) is 0 Å². The molecule has 0 fully saturated rings. The molecule has 0 saturated heterocycles. The van der Waals surface area contributed by atoms with Crippen molar-refractivity contribution >= 4 is 25.7 Å². The molecule has 0 spiro atoms. The summed E-state index contributed by atoms with van der Waals surface area (Å²) in [5, 5.41) is 8.89. The van der Waals surface area contributed by atoms with Crippen molar-refractivity contribution in [2.24, 2.45) is 5.73 Å². The Morgan fingerprint density at radius 2 is 0.909 bits per heavy atom. The van der Waals surface area contributed by atoms with Crippen LogP contribution in [0.25, 0.3) is 0 Å². The molecule has 0 aromatic rings. The summed E-state index contributed by atoms with van der Waals surface area (Å²) >= 11 is 0. The molecule has 0 aromatic heterocycles. The van der Waals surface area contributed by atoms with E-state index in [9.17, 15) is 23.8 Å². The van der Waals surface area contributed by atoms with E-state index in [2.05, 4.69) is 30.5 Å². The fourth-order valence-corrected chi connectivity index (χ4v) is 7.02. The summed E-state index contributed by atoms with van der Waals surface area (Å²) in [5.74, 6) is -2.38. The minimum Gasteiger partial charge on any atom is -0.480 e. The second-order valence-electron chi connectivity index (χ2n) is 15.2. The molecule has 11 nitrogen and oxygen atoms in total. The van der Waals surface area contributed by atoms with Crippen LogP contribution in [0.5, 0.6) is 0 Å². The third kappa shape index (κ3) is 38.9. The van der Waals surface area contributed by atoms with Gasteiger partial charge in [0.15, 0.2) is 6.10 Å². The predicted octanol–water partition coefficient (Wildman–Crippen LogP) is 11.7. The van der Waals surface area contributed by atoms with Crippen LogP contribution in [0.15, 0.2) is 12.2 Å². The van der Waals surface area contributed by atoms with Crippen molar-refractivity contribution < 1.29 is 47.5 Å². The molecule has 0 aliphatic heterocycles. The van der Waals surface area contributed by atoms with Gasteiger partial charge in [0, 0.05) is 12.8 Å². The highest BCUT2D eigenvalue weighted by molar-refractivity contribution is 7.47. The number of allylic oxidation sites excluding steroid dienone is 2. The number of esters is 2. The zero-order valence-electron chi connectivity index (χ0n) is 35.0. The van der Waals surface area contributed by atoms with Gasteiger partial charge >= 0.3 is 25.7 Å². The van der Waals surface area contributed by atoms with Crippen molar-refractivity contribution in [3.63, 3.8) is 0 Å². The number of hydrogen-bond donors (Lipinski definition) is 3. The third-order valence-electron chi connectivity index (χ3n) is 9.76. The van der Waals surface area contributed by atoms with E-state index in [1.807, 2.05) is 0 Å². The van der Waals surface area contributed by atoms with Crippen LogP contribution in [0.1, 0.15) is 213 Å². The number of nitrogens with two attached hydrogens (primary N) is 1. The summed E-state index contributed by atoms with van der Waals surface area (Å²) in [6.45, 7) is 2.81. The summed E-state index contributed by atoms with van der Waals surface area (Å²) in [5.41, 5.74) is 5.33. The molecule has 0 rings (SSSR count). The second-order valence-corrected chi connectivity index (χ2v) is 16.6. The Bertz CT molecular complexity index is 995. The Morgan fingerprint density at radius 3 is 1.33 bits per heavy atom. The number of aliphatic carboxylic acids is 1. The monoisotopic (exact) mass is 804 g/mol. The van der Waals surface area contributed by atoms with Gasteiger partial charge in [-0.05, 0) is 38.5 Å². The second kappa shape index (κ2) is 39.1. The van der Waals surface area contributed by atoms with Crippen molar-refractivity contribution in [2.75, 3.05) is 19.8 Å². The summed E-state index contributed by atoms with van der Waals surface area (Å²) < 4.78 is 32.7. The first-order valence-corrected chi connectivity index (χ1v) is 23.7. The Kier molecular flexibility index (Phi) is 37.8. The number of carbonyl (C=O) groups is 3. The van der Waals surface area contributed by atoms with Crippen molar-refractivity contribution in [3.8, 4) is 0 Å². The van der Waals surface area contributed by atoms with Gasteiger partial charge in [-0.3, -0.25) is 23.4 Å². The van der Waals surface area contributed by atoms with Crippen molar-refractivity contribution in [1.82, 2.24) is 0 Å².